The highest BCUT2D eigenvalue weighted by atomic mass is 79.9. The van der Waals surface area contributed by atoms with Crippen LogP contribution in [0.1, 0.15) is 5.56 Å². The Morgan fingerprint density at radius 1 is 1.24 bits per heavy atom. The Labute approximate surface area is 120 Å². The highest BCUT2D eigenvalue weighted by Crippen LogP contribution is 2.33. The molecule has 0 saturated heterocycles. The lowest BCUT2D eigenvalue weighted by atomic mass is 10.2. The number of benzene rings is 1. The predicted molar refractivity (Wildman–Crippen MR) is 74.9 cm³/mol. The van der Waals surface area contributed by atoms with Gasteiger partial charge in [0.15, 0.2) is 0 Å². The fourth-order valence-corrected chi connectivity index (χ4v) is 3.26. The van der Waals surface area contributed by atoms with Gasteiger partial charge in [0, 0.05) is 15.6 Å². The number of hydrogen-bond donors (Lipinski definition) is 0. The molecule has 0 spiro atoms. The summed E-state index contributed by atoms with van der Waals surface area (Å²) in [5.41, 5.74) is 0.633. The van der Waals surface area contributed by atoms with Crippen molar-refractivity contribution in [3.63, 3.8) is 0 Å². The number of halogens is 2. The molecule has 2 rings (SSSR count). The van der Waals surface area contributed by atoms with Crippen LogP contribution in [0, 0.1) is 11.3 Å². The first-order valence-electron chi connectivity index (χ1n) is 4.68. The molecule has 0 atom stereocenters. The van der Waals surface area contributed by atoms with E-state index in [9.17, 15) is 0 Å². The lowest BCUT2D eigenvalue weighted by molar-refractivity contribution is 1.11. The Morgan fingerprint density at radius 2 is 2.06 bits per heavy atom. The van der Waals surface area contributed by atoms with Gasteiger partial charge in [-0.15, -0.1) is 0 Å². The molecule has 5 heteroatoms. The highest BCUT2D eigenvalue weighted by molar-refractivity contribution is 9.10. The van der Waals surface area contributed by atoms with E-state index in [4.69, 9.17) is 5.26 Å². The standard InChI is InChI=1S/C12H6Br2N2S/c13-9-4-8(7-15)5-10(6-9)17-12-11(14)2-1-3-16-12/h1-6H. The van der Waals surface area contributed by atoms with Crippen LogP contribution in [0.5, 0.6) is 0 Å². The zero-order valence-corrected chi connectivity index (χ0v) is 12.5. The summed E-state index contributed by atoms with van der Waals surface area (Å²) < 4.78 is 1.84. The molecule has 17 heavy (non-hydrogen) atoms. The first-order valence-corrected chi connectivity index (χ1v) is 7.08. The lowest BCUT2D eigenvalue weighted by Crippen LogP contribution is -1.82. The fraction of sp³-hybridized carbons (Fsp3) is 0. The predicted octanol–water partition coefficient (Wildman–Crippen LogP) is 4.63. The lowest BCUT2D eigenvalue weighted by Gasteiger charge is -2.04. The molecule has 0 fully saturated rings. The zero-order valence-electron chi connectivity index (χ0n) is 8.52. The van der Waals surface area contributed by atoms with Crippen molar-refractivity contribution < 1.29 is 0 Å². The summed E-state index contributed by atoms with van der Waals surface area (Å²) in [6, 6.07) is 11.5. The smallest absolute Gasteiger partial charge is 0.115 e. The first kappa shape index (κ1) is 12.6. The molecule has 2 aromatic rings. The molecule has 0 aliphatic carbocycles. The molecule has 1 aromatic heterocycles. The number of hydrogen-bond acceptors (Lipinski definition) is 3. The van der Waals surface area contributed by atoms with Crippen LogP contribution in [0.4, 0.5) is 0 Å². The Hall–Kier alpha value is -0.830. The van der Waals surface area contributed by atoms with Crippen molar-refractivity contribution in [2.75, 3.05) is 0 Å². The van der Waals surface area contributed by atoms with E-state index in [1.165, 1.54) is 11.8 Å². The van der Waals surface area contributed by atoms with Gasteiger partial charge < -0.3 is 0 Å². The molecule has 0 unspecified atom stereocenters. The second-order valence-electron chi connectivity index (χ2n) is 3.18. The summed E-state index contributed by atoms with van der Waals surface area (Å²) >= 11 is 8.36. The topological polar surface area (TPSA) is 36.7 Å². The van der Waals surface area contributed by atoms with E-state index < -0.39 is 0 Å². The van der Waals surface area contributed by atoms with Crippen molar-refractivity contribution in [3.05, 3.63) is 51.0 Å². The Balaban J connectivity index is 2.34. The maximum atomic E-state index is 8.90. The minimum Gasteiger partial charge on any atom is -0.248 e. The number of rotatable bonds is 2. The van der Waals surface area contributed by atoms with Gasteiger partial charge in [-0.3, -0.25) is 0 Å². The molecular weight excluding hydrogens is 364 g/mol. The average Bonchev–Trinajstić information content (AvgIpc) is 2.31. The molecule has 0 aliphatic heterocycles. The van der Waals surface area contributed by atoms with E-state index in [2.05, 4.69) is 42.9 Å². The van der Waals surface area contributed by atoms with Gasteiger partial charge in [0.1, 0.15) is 5.03 Å². The first-order chi connectivity index (χ1) is 8.19. The maximum absolute atomic E-state index is 8.90. The average molecular weight is 370 g/mol. The largest absolute Gasteiger partial charge is 0.248 e. The van der Waals surface area contributed by atoms with Crippen molar-refractivity contribution in [1.82, 2.24) is 4.98 Å². The van der Waals surface area contributed by atoms with Crippen LogP contribution >= 0.6 is 43.6 Å². The maximum Gasteiger partial charge on any atom is 0.115 e. The van der Waals surface area contributed by atoms with E-state index >= 15 is 0 Å². The Morgan fingerprint density at radius 3 is 2.76 bits per heavy atom. The van der Waals surface area contributed by atoms with Crippen LogP contribution in [-0.4, -0.2) is 4.98 Å². The molecule has 0 bridgehead atoms. The number of nitriles is 1. The summed E-state index contributed by atoms with van der Waals surface area (Å²) in [6.07, 6.45) is 1.75. The summed E-state index contributed by atoms with van der Waals surface area (Å²) in [7, 11) is 0. The van der Waals surface area contributed by atoms with Crippen molar-refractivity contribution in [2.24, 2.45) is 0 Å². The molecule has 2 nitrogen and oxygen atoms in total. The third-order valence-corrected chi connectivity index (χ3v) is 4.29. The fourth-order valence-electron chi connectivity index (χ4n) is 1.24. The van der Waals surface area contributed by atoms with Gasteiger partial charge in [0.25, 0.3) is 0 Å². The zero-order chi connectivity index (χ0) is 12.3. The van der Waals surface area contributed by atoms with E-state index in [-0.39, 0.29) is 0 Å². The minimum atomic E-state index is 0.633. The Kier molecular flexibility index (Phi) is 4.21. The Bertz CT molecular complexity index is 593. The van der Waals surface area contributed by atoms with Gasteiger partial charge in [0.2, 0.25) is 0 Å². The SMILES string of the molecule is N#Cc1cc(Br)cc(Sc2ncccc2Br)c1. The normalized spacial score (nSPS) is 9.94. The van der Waals surface area contributed by atoms with Crippen molar-refractivity contribution in [2.45, 2.75) is 9.92 Å². The van der Waals surface area contributed by atoms with E-state index in [0.29, 0.717) is 5.56 Å². The molecule has 0 saturated carbocycles. The van der Waals surface area contributed by atoms with Crippen molar-refractivity contribution >= 4 is 43.6 Å². The summed E-state index contributed by atoms with van der Waals surface area (Å²) in [4.78, 5) is 5.26. The monoisotopic (exact) mass is 368 g/mol. The summed E-state index contributed by atoms with van der Waals surface area (Å²) in [5, 5.41) is 9.79. The van der Waals surface area contributed by atoms with Gasteiger partial charge in [0.05, 0.1) is 16.1 Å². The summed E-state index contributed by atoms with van der Waals surface area (Å²) in [5.74, 6) is 0. The van der Waals surface area contributed by atoms with Gasteiger partial charge in [-0.2, -0.15) is 5.26 Å². The molecule has 0 N–H and O–H groups in total. The van der Waals surface area contributed by atoms with Crippen LogP contribution in [0.2, 0.25) is 0 Å². The highest BCUT2D eigenvalue weighted by Gasteiger charge is 2.05. The van der Waals surface area contributed by atoms with Gasteiger partial charge in [-0.05, 0) is 46.3 Å². The third kappa shape index (κ3) is 3.32. The number of pyridine rings is 1. The van der Waals surface area contributed by atoms with Crippen molar-refractivity contribution in [1.29, 1.82) is 5.26 Å². The summed E-state index contributed by atoms with van der Waals surface area (Å²) in [6.45, 7) is 0. The number of nitrogens with zero attached hydrogens (tertiary/aromatic N) is 2. The minimum absolute atomic E-state index is 0.633. The van der Waals surface area contributed by atoms with Crippen LogP contribution in [0.25, 0.3) is 0 Å². The molecule has 1 heterocycles. The van der Waals surface area contributed by atoms with Gasteiger partial charge in [-0.25, -0.2) is 4.98 Å². The van der Waals surface area contributed by atoms with E-state index in [1.54, 1.807) is 12.3 Å². The van der Waals surface area contributed by atoms with Gasteiger partial charge >= 0.3 is 0 Å². The molecule has 1 aromatic carbocycles. The molecule has 0 amide bonds. The van der Waals surface area contributed by atoms with Crippen molar-refractivity contribution in [3.8, 4) is 6.07 Å². The van der Waals surface area contributed by atoms with Crippen LogP contribution in [0.3, 0.4) is 0 Å². The van der Waals surface area contributed by atoms with Crippen LogP contribution < -0.4 is 0 Å². The van der Waals surface area contributed by atoms with Gasteiger partial charge in [-0.1, -0.05) is 27.7 Å². The van der Waals surface area contributed by atoms with Crippen LogP contribution in [-0.2, 0) is 0 Å². The van der Waals surface area contributed by atoms with Crippen LogP contribution in [0.15, 0.2) is 55.4 Å². The molecule has 84 valence electrons. The molecule has 0 radical (unpaired) electrons. The molecular formula is C12H6Br2N2S. The third-order valence-electron chi connectivity index (χ3n) is 1.94. The second kappa shape index (κ2) is 5.67. The van der Waals surface area contributed by atoms with E-state index in [1.807, 2.05) is 24.3 Å². The number of aromatic nitrogens is 1. The quantitative estimate of drug-likeness (QED) is 0.774. The van der Waals surface area contributed by atoms with E-state index in [0.717, 1.165) is 18.9 Å². The molecule has 0 aliphatic rings. The second-order valence-corrected chi connectivity index (χ2v) is 6.01.